The van der Waals surface area contributed by atoms with Gasteiger partial charge < -0.3 is 20.3 Å². The first kappa shape index (κ1) is 28.7. The third-order valence-corrected chi connectivity index (χ3v) is 9.81. The fraction of sp³-hybridized carbons (Fsp3) is 0.400. The van der Waals surface area contributed by atoms with Gasteiger partial charge in [-0.25, -0.2) is 21.6 Å². The highest BCUT2D eigenvalue weighted by atomic mass is 32.2. The molecule has 0 spiro atoms. The summed E-state index contributed by atoms with van der Waals surface area (Å²) in [6, 6.07) is 12.6. The number of urea groups is 1. The number of ether oxygens (including phenoxy) is 1. The molecular formula is C25H30N4O8S2. The number of rotatable bonds is 9. The van der Waals surface area contributed by atoms with Crippen molar-refractivity contribution in [1.29, 1.82) is 0 Å². The van der Waals surface area contributed by atoms with Crippen LogP contribution in [0.1, 0.15) is 5.56 Å². The van der Waals surface area contributed by atoms with Crippen molar-refractivity contribution in [2.45, 2.75) is 22.7 Å². The first-order chi connectivity index (χ1) is 18.5. The number of carbonyl (C=O) groups is 3. The van der Waals surface area contributed by atoms with Crippen LogP contribution >= 0.6 is 0 Å². The number of morpholine rings is 1. The Morgan fingerprint density at radius 3 is 2.21 bits per heavy atom. The molecule has 2 heterocycles. The average Bonchev–Trinajstić information content (AvgIpc) is 3.30. The fourth-order valence-electron chi connectivity index (χ4n) is 4.31. The number of Topliss-reactive ketones (excluding diaryl/α,β-unsaturated/α-hetero) is 1. The van der Waals surface area contributed by atoms with Crippen LogP contribution in [0, 0.1) is 0 Å². The van der Waals surface area contributed by atoms with E-state index in [1.165, 1.54) is 17.0 Å². The first-order valence-electron chi connectivity index (χ1n) is 12.3. The van der Waals surface area contributed by atoms with Crippen molar-refractivity contribution in [2.24, 2.45) is 0 Å². The van der Waals surface area contributed by atoms with E-state index in [0.29, 0.717) is 18.8 Å². The van der Waals surface area contributed by atoms with Crippen LogP contribution in [-0.2, 0) is 39.9 Å². The number of amides is 3. The van der Waals surface area contributed by atoms with Crippen LogP contribution in [0.4, 0.5) is 4.79 Å². The molecule has 0 radical (unpaired) electrons. The number of hydrogen-bond acceptors (Lipinski definition) is 8. The molecule has 12 nitrogen and oxygen atoms in total. The van der Waals surface area contributed by atoms with Crippen LogP contribution in [0.15, 0.2) is 65.6 Å². The van der Waals surface area contributed by atoms with Gasteiger partial charge in [-0.1, -0.05) is 48.5 Å². The molecule has 0 bridgehead atoms. The highest BCUT2D eigenvalue weighted by Crippen LogP contribution is 2.19. The molecule has 0 aliphatic carbocycles. The monoisotopic (exact) mass is 578 g/mol. The van der Waals surface area contributed by atoms with E-state index in [-0.39, 0.29) is 30.3 Å². The van der Waals surface area contributed by atoms with Crippen LogP contribution in [-0.4, -0.2) is 101 Å². The van der Waals surface area contributed by atoms with Gasteiger partial charge in [-0.05, 0) is 17.7 Å². The highest BCUT2D eigenvalue weighted by molar-refractivity contribution is 7.90. The van der Waals surface area contributed by atoms with E-state index >= 15 is 0 Å². The second-order valence-electron chi connectivity index (χ2n) is 9.28. The predicted octanol–water partition coefficient (Wildman–Crippen LogP) is -0.230. The smallest absolute Gasteiger partial charge is 0.318 e. The van der Waals surface area contributed by atoms with Gasteiger partial charge in [-0.2, -0.15) is 4.31 Å². The lowest BCUT2D eigenvalue weighted by Gasteiger charge is -2.29. The van der Waals surface area contributed by atoms with Crippen molar-refractivity contribution in [1.82, 2.24) is 19.8 Å². The summed E-state index contributed by atoms with van der Waals surface area (Å²) in [6.07, 6.45) is 0. The molecule has 2 aromatic carbocycles. The van der Waals surface area contributed by atoms with E-state index in [0.717, 1.165) is 4.31 Å². The van der Waals surface area contributed by atoms with Crippen molar-refractivity contribution in [3.63, 3.8) is 0 Å². The number of nitrogens with zero attached hydrogens (tertiary/aromatic N) is 2. The van der Waals surface area contributed by atoms with Crippen LogP contribution in [0.2, 0.25) is 0 Å². The van der Waals surface area contributed by atoms with Gasteiger partial charge in [-0.15, -0.1) is 0 Å². The van der Waals surface area contributed by atoms with Gasteiger partial charge in [0.15, 0.2) is 15.6 Å². The van der Waals surface area contributed by atoms with Gasteiger partial charge in [0.1, 0.15) is 12.1 Å². The van der Waals surface area contributed by atoms with Gasteiger partial charge in [0.2, 0.25) is 15.9 Å². The maximum atomic E-state index is 13.3. The zero-order valence-corrected chi connectivity index (χ0v) is 22.7. The van der Waals surface area contributed by atoms with Gasteiger partial charge in [0.05, 0.1) is 36.2 Å². The maximum Gasteiger partial charge on any atom is 0.318 e. The zero-order valence-electron chi connectivity index (χ0n) is 21.1. The third kappa shape index (κ3) is 7.41. The number of benzene rings is 2. The number of carbonyl (C=O) groups excluding carboxylic acids is 3. The highest BCUT2D eigenvalue weighted by Gasteiger charge is 2.40. The molecule has 0 saturated carbocycles. The Balaban J connectivity index is 1.48. The van der Waals surface area contributed by atoms with E-state index < -0.39 is 62.0 Å². The number of hydrogen-bond donors (Lipinski definition) is 2. The summed E-state index contributed by atoms with van der Waals surface area (Å²) in [5.41, 5.74) is 0.517. The SMILES string of the molecule is O=C1CN(S(=O)(=O)c2ccccc2)CC1NC(=O)C(CS(=O)(=O)Cc1ccccc1)NC(=O)N1CCOCC1. The van der Waals surface area contributed by atoms with E-state index in [9.17, 15) is 31.2 Å². The minimum Gasteiger partial charge on any atom is -0.378 e. The molecule has 39 heavy (non-hydrogen) atoms. The van der Waals surface area contributed by atoms with Crippen LogP contribution < -0.4 is 10.6 Å². The van der Waals surface area contributed by atoms with Gasteiger partial charge >= 0.3 is 6.03 Å². The Labute approximate surface area is 227 Å². The molecule has 2 unspecified atom stereocenters. The van der Waals surface area contributed by atoms with Crippen molar-refractivity contribution in [3.05, 3.63) is 66.2 Å². The van der Waals surface area contributed by atoms with Crippen LogP contribution in [0.5, 0.6) is 0 Å². The summed E-state index contributed by atoms with van der Waals surface area (Å²) in [4.78, 5) is 40.2. The molecule has 2 aliphatic rings. The molecular weight excluding hydrogens is 548 g/mol. The number of ketones is 1. The van der Waals surface area contributed by atoms with E-state index in [1.807, 2.05) is 0 Å². The Morgan fingerprint density at radius 2 is 1.56 bits per heavy atom. The summed E-state index contributed by atoms with van der Waals surface area (Å²) >= 11 is 0. The Morgan fingerprint density at radius 1 is 0.949 bits per heavy atom. The molecule has 210 valence electrons. The molecule has 2 N–H and O–H groups in total. The van der Waals surface area contributed by atoms with Gasteiger partial charge in [-0.3, -0.25) is 9.59 Å². The molecule has 2 fully saturated rings. The Hall–Kier alpha value is -3.33. The summed E-state index contributed by atoms with van der Waals surface area (Å²) in [7, 11) is -7.86. The van der Waals surface area contributed by atoms with Crippen molar-refractivity contribution in [3.8, 4) is 0 Å². The number of sulfone groups is 1. The fourth-order valence-corrected chi connectivity index (χ4v) is 7.31. The average molecular weight is 579 g/mol. The van der Waals surface area contributed by atoms with Gasteiger partial charge in [0.25, 0.3) is 0 Å². The lowest BCUT2D eigenvalue weighted by Crippen LogP contribution is -2.57. The summed E-state index contributed by atoms with van der Waals surface area (Å²) in [5.74, 6) is -2.51. The summed E-state index contributed by atoms with van der Waals surface area (Å²) < 4.78 is 58.1. The van der Waals surface area contributed by atoms with E-state index in [2.05, 4.69) is 10.6 Å². The topological polar surface area (TPSA) is 159 Å². The predicted molar refractivity (Wildman–Crippen MR) is 141 cm³/mol. The van der Waals surface area contributed by atoms with Crippen LogP contribution in [0.25, 0.3) is 0 Å². The number of nitrogens with one attached hydrogen (secondary N) is 2. The lowest BCUT2D eigenvalue weighted by atomic mass is 10.2. The van der Waals surface area contributed by atoms with E-state index in [1.54, 1.807) is 48.5 Å². The largest absolute Gasteiger partial charge is 0.378 e. The molecule has 2 aromatic rings. The Bertz CT molecular complexity index is 1400. The van der Waals surface area contributed by atoms with Gasteiger partial charge in [0, 0.05) is 19.6 Å². The quantitative estimate of drug-likeness (QED) is 0.413. The second kappa shape index (κ2) is 12.2. The second-order valence-corrected chi connectivity index (χ2v) is 13.3. The normalized spacial score (nSPS) is 19.4. The maximum absolute atomic E-state index is 13.3. The molecule has 0 aromatic heterocycles. The number of sulfonamides is 1. The summed E-state index contributed by atoms with van der Waals surface area (Å²) in [5, 5.41) is 4.94. The van der Waals surface area contributed by atoms with Crippen molar-refractivity contribution < 1.29 is 36.0 Å². The minimum absolute atomic E-state index is 0.00688. The molecule has 2 atom stereocenters. The summed E-state index contributed by atoms with van der Waals surface area (Å²) in [6.45, 7) is 0.383. The zero-order chi connectivity index (χ0) is 28.0. The van der Waals surface area contributed by atoms with Crippen LogP contribution in [0.3, 0.4) is 0 Å². The Kier molecular flexibility index (Phi) is 9.00. The molecule has 2 saturated heterocycles. The molecule has 4 rings (SSSR count). The standard InChI is InChI=1S/C25H30N4O8S2/c30-23-16-29(39(35,36)20-9-5-2-6-10-20)15-21(23)26-24(31)22(27-25(32)28-11-13-37-14-12-28)18-38(33,34)17-19-7-3-1-4-8-19/h1-10,21-22H,11-18H2,(H,26,31)(H,27,32). The molecule has 14 heteroatoms. The first-order valence-corrected chi connectivity index (χ1v) is 15.6. The third-order valence-electron chi connectivity index (χ3n) is 6.37. The lowest BCUT2D eigenvalue weighted by molar-refractivity contribution is -0.126. The molecule has 2 aliphatic heterocycles. The minimum atomic E-state index is -3.98. The van der Waals surface area contributed by atoms with Crippen molar-refractivity contribution >= 4 is 37.6 Å². The molecule has 3 amide bonds. The van der Waals surface area contributed by atoms with Crippen molar-refractivity contribution in [2.75, 3.05) is 45.1 Å². The van der Waals surface area contributed by atoms with E-state index in [4.69, 9.17) is 4.74 Å².